The van der Waals surface area contributed by atoms with Crippen molar-refractivity contribution in [1.29, 1.82) is 0 Å². The van der Waals surface area contributed by atoms with Gasteiger partial charge in [-0.1, -0.05) is 25.7 Å². The molecule has 7 nitrogen and oxygen atoms in total. The molecule has 0 unspecified atom stereocenters. The average molecular weight is 525 g/mol. The highest BCUT2D eigenvalue weighted by Gasteiger charge is 2.12. The highest BCUT2D eigenvalue weighted by atomic mass is 127. The van der Waals surface area contributed by atoms with Crippen LogP contribution < -0.4 is 10.6 Å². The molecule has 0 aromatic carbocycles. The summed E-state index contributed by atoms with van der Waals surface area (Å²) < 4.78 is 8.04. The molecule has 0 spiro atoms. The third-order valence-corrected chi connectivity index (χ3v) is 5.63. The number of guanidine groups is 1. The third kappa shape index (κ3) is 9.78. The first-order valence-corrected chi connectivity index (χ1v) is 11.6. The zero-order valence-electron chi connectivity index (χ0n) is 17.6. The van der Waals surface area contributed by atoms with Crippen molar-refractivity contribution in [3.05, 3.63) is 11.6 Å². The van der Waals surface area contributed by atoms with Crippen LogP contribution in [-0.4, -0.2) is 58.5 Å². The predicted molar refractivity (Wildman–Crippen MR) is 129 cm³/mol. The number of aliphatic imine (C=N–C) groups is 1. The van der Waals surface area contributed by atoms with Crippen LogP contribution in [0.5, 0.6) is 0 Å². The predicted octanol–water partition coefficient (Wildman–Crippen LogP) is 3.27. The quantitative estimate of drug-likeness (QED) is 0.161. The summed E-state index contributed by atoms with van der Waals surface area (Å²) in [7, 11) is 1.97. The van der Waals surface area contributed by atoms with Crippen LogP contribution in [0.4, 0.5) is 0 Å². The monoisotopic (exact) mass is 524 g/mol. The second-order valence-electron chi connectivity index (χ2n) is 7.07. The Morgan fingerprint density at radius 1 is 1.18 bits per heavy atom. The Labute approximate surface area is 191 Å². The molecule has 0 radical (unpaired) electrons. The lowest BCUT2D eigenvalue weighted by Gasteiger charge is -2.17. The molecule has 0 atom stereocenters. The van der Waals surface area contributed by atoms with Crippen LogP contribution in [0.1, 0.15) is 56.6 Å². The van der Waals surface area contributed by atoms with Gasteiger partial charge in [0, 0.05) is 20.1 Å². The average Bonchev–Trinajstić information content (AvgIpc) is 2.87. The Bertz CT molecular complexity index is 561. The van der Waals surface area contributed by atoms with E-state index in [0.717, 1.165) is 49.5 Å². The zero-order chi connectivity index (χ0) is 19.3. The van der Waals surface area contributed by atoms with E-state index in [2.05, 4.69) is 32.1 Å². The van der Waals surface area contributed by atoms with Crippen molar-refractivity contribution in [3.63, 3.8) is 0 Å². The number of hydrogen-bond donors (Lipinski definition) is 2. The molecule has 1 aromatic rings. The summed E-state index contributed by atoms with van der Waals surface area (Å²) in [5, 5.41) is 15.1. The van der Waals surface area contributed by atoms with Crippen molar-refractivity contribution >= 4 is 41.7 Å². The van der Waals surface area contributed by atoms with Gasteiger partial charge in [0.05, 0.1) is 12.7 Å². The van der Waals surface area contributed by atoms with Crippen molar-refractivity contribution < 1.29 is 4.74 Å². The summed E-state index contributed by atoms with van der Waals surface area (Å²) in [6.07, 6.45) is 11.4. The number of aromatic nitrogens is 3. The molecule has 1 aromatic heterocycles. The molecule has 28 heavy (non-hydrogen) atoms. The van der Waals surface area contributed by atoms with Crippen LogP contribution >= 0.6 is 35.7 Å². The molecular formula is C19H37IN6OS. The number of thioether (sulfide) groups is 1. The van der Waals surface area contributed by atoms with E-state index in [1.807, 2.05) is 30.3 Å². The highest BCUT2D eigenvalue weighted by molar-refractivity contribution is 14.0. The SMILES string of the molecule is CSCCCNC(=NCc1nnc(C)n1C)NCCOC1CCCCCC1.I. The lowest BCUT2D eigenvalue weighted by atomic mass is 10.1. The van der Waals surface area contributed by atoms with E-state index in [0.29, 0.717) is 12.6 Å². The number of nitrogens with zero attached hydrogens (tertiary/aromatic N) is 4. The van der Waals surface area contributed by atoms with Gasteiger partial charge in [-0.15, -0.1) is 34.2 Å². The van der Waals surface area contributed by atoms with Gasteiger partial charge in [-0.05, 0) is 38.2 Å². The maximum absolute atomic E-state index is 6.07. The standard InChI is InChI=1S/C19H36N6OS.HI/c1-16-23-24-18(25(16)2)15-22-19(20-11-8-14-27-3)21-12-13-26-17-9-6-4-5-7-10-17;/h17H,4-15H2,1-3H3,(H2,20,21,22);1H. The van der Waals surface area contributed by atoms with E-state index < -0.39 is 0 Å². The van der Waals surface area contributed by atoms with Gasteiger partial charge in [-0.3, -0.25) is 0 Å². The van der Waals surface area contributed by atoms with Crippen molar-refractivity contribution in [3.8, 4) is 0 Å². The van der Waals surface area contributed by atoms with E-state index >= 15 is 0 Å². The Hall–Kier alpha value is -0.550. The highest BCUT2D eigenvalue weighted by Crippen LogP contribution is 2.19. The maximum atomic E-state index is 6.07. The van der Waals surface area contributed by atoms with Gasteiger partial charge >= 0.3 is 0 Å². The lowest BCUT2D eigenvalue weighted by molar-refractivity contribution is 0.0468. The van der Waals surface area contributed by atoms with Gasteiger partial charge in [0.15, 0.2) is 11.8 Å². The minimum absolute atomic E-state index is 0. The molecular weight excluding hydrogens is 487 g/mol. The van der Waals surface area contributed by atoms with Crippen molar-refractivity contribution in [2.24, 2.45) is 12.0 Å². The van der Waals surface area contributed by atoms with Crippen LogP contribution in [0.2, 0.25) is 0 Å². The van der Waals surface area contributed by atoms with E-state index in [-0.39, 0.29) is 24.0 Å². The van der Waals surface area contributed by atoms with Crippen LogP contribution in [0.25, 0.3) is 0 Å². The summed E-state index contributed by atoms with van der Waals surface area (Å²) in [5.74, 6) is 3.74. The topological polar surface area (TPSA) is 76.4 Å². The summed E-state index contributed by atoms with van der Waals surface area (Å²) in [5.41, 5.74) is 0. The summed E-state index contributed by atoms with van der Waals surface area (Å²) in [6.45, 7) is 4.86. The first kappa shape index (κ1) is 25.5. The minimum Gasteiger partial charge on any atom is -0.376 e. The second-order valence-corrected chi connectivity index (χ2v) is 8.06. The fourth-order valence-corrected chi connectivity index (χ4v) is 3.57. The van der Waals surface area contributed by atoms with E-state index in [4.69, 9.17) is 4.74 Å². The second kappa shape index (κ2) is 15.3. The normalized spacial score (nSPS) is 15.8. The fourth-order valence-electron chi connectivity index (χ4n) is 3.14. The van der Waals surface area contributed by atoms with Gasteiger partial charge in [-0.2, -0.15) is 11.8 Å². The molecule has 0 amide bonds. The number of aryl methyl sites for hydroxylation is 1. The van der Waals surface area contributed by atoms with E-state index in [1.165, 1.54) is 38.5 Å². The number of nitrogens with one attached hydrogen (secondary N) is 2. The van der Waals surface area contributed by atoms with Gasteiger partial charge < -0.3 is 19.9 Å². The zero-order valence-corrected chi connectivity index (χ0v) is 20.7. The van der Waals surface area contributed by atoms with Crippen LogP contribution in [0.3, 0.4) is 0 Å². The summed E-state index contributed by atoms with van der Waals surface area (Å²) in [4.78, 5) is 4.67. The molecule has 1 fully saturated rings. The van der Waals surface area contributed by atoms with Gasteiger partial charge in [0.1, 0.15) is 12.4 Å². The molecule has 9 heteroatoms. The largest absolute Gasteiger partial charge is 0.376 e. The van der Waals surface area contributed by atoms with Crippen LogP contribution in [0, 0.1) is 6.92 Å². The molecule has 0 aliphatic heterocycles. The molecule has 1 saturated carbocycles. The fraction of sp³-hybridized carbons (Fsp3) is 0.842. The number of hydrogen-bond acceptors (Lipinski definition) is 5. The number of halogens is 1. The molecule has 1 heterocycles. The van der Waals surface area contributed by atoms with Crippen molar-refractivity contribution in [2.45, 2.75) is 64.5 Å². The molecule has 1 aliphatic carbocycles. The number of ether oxygens (including phenoxy) is 1. The van der Waals surface area contributed by atoms with Crippen molar-refractivity contribution in [1.82, 2.24) is 25.4 Å². The van der Waals surface area contributed by atoms with Crippen molar-refractivity contribution in [2.75, 3.05) is 31.7 Å². The van der Waals surface area contributed by atoms with Gasteiger partial charge in [0.2, 0.25) is 0 Å². The molecule has 0 bridgehead atoms. The maximum Gasteiger partial charge on any atom is 0.191 e. The van der Waals surface area contributed by atoms with Gasteiger partial charge in [-0.25, -0.2) is 4.99 Å². The van der Waals surface area contributed by atoms with Crippen LogP contribution in [-0.2, 0) is 18.3 Å². The van der Waals surface area contributed by atoms with Gasteiger partial charge in [0.25, 0.3) is 0 Å². The summed E-state index contributed by atoms with van der Waals surface area (Å²) >= 11 is 1.87. The smallest absolute Gasteiger partial charge is 0.191 e. The third-order valence-electron chi connectivity index (χ3n) is 4.93. The Morgan fingerprint density at radius 2 is 1.89 bits per heavy atom. The lowest BCUT2D eigenvalue weighted by Crippen LogP contribution is -2.40. The minimum atomic E-state index is 0. The Morgan fingerprint density at radius 3 is 2.54 bits per heavy atom. The van der Waals surface area contributed by atoms with Crippen LogP contribution in [0.15, 0.2) is 4.99 Å². The van der Waals surface area contributed by atoms with E-state index in [1.54, 1.807) is 0 Å². The molecule has 2 rings (SSSR count). The first-order valence-electron chi connectivity index (χ1n) is 10.2. The molecule has 162 valence electrons. The van der Waals surface area contributed by atoms with E-state index in [9.17, 15) is 0 Å². The Kier molecular flexibility index (Phi) is 13.9. The molecule has 1 aliphatic rings. The Balaban J connectivity index is 0.00000392. The number of rotatable bonds is 10. The molecule has 2 N–H and O–H groups in total. The summed E-state index contributed by atoms with van der Waals surface area (Å²) in [6, 6.07) is 0. The molecule has 0 saturated heterocycles. The first-order chi connectivity index (χ1) is 13.2.